The fourth-order valence-corrected chi connectivity index (χ4v) is 9.76. The van der Waals surface area contributed by atoms with E-state index >= 15 is 0 Å². The van der Waals surface area contributed by atoms with Crippen molar-refractivity contribution in [3.63, 3.8) is 0 Å². The number of nitrogens with zero attached hydrogens (tertiary/aromatic N) is 6. The molecule has 1 N–H and O–H groups in total. The fourth-order valence-electron chi connectivity index (χ4n) is 7.60. The number of carboxylic acid groups (broad SMARTS) is 1. The van der Waals surface area contributed by atoms with Crippen LogP contribution in [0, 0.1) is 18.2 Å². The van der Waals surface area contributed by atoms with E-state index in [1.54, 1.807) is 60.7 Å². The number of carbonyl (C=O) groups is 1. The van der Waals surface area contributed by atoms with Gasteiger partial charge in [-0.15, -0.1) is 17.8 Å². The molecule has 2 bridgehead atoms. The number of carboxylic acids is 1. The van der Waals surface area contributed by atoms with Gasteiger partial charge in [-0.25, -0.2) is 37.5 Å². The standard InChI is InChI=1S/C48H44ClFN6O8S2/c1-4-38(49)40-10-7-9-37-43-46(52-29-53-47(43)65-44(37)30-12-14-32(50)15-13-30)64-41(48(57)58)25-31-24-34(61-28-35(63-40)26-56-22-20-55(2)21-23-56)16-17-39(31)62-27-33-18-19-51-45(54-33)36-8-5-6-11-42(36)66(3,59)60/h1,5-8,10-19,24,29,35,41H,9,20-23,25-28H2,2-3H3,(H,57,58)/b10-7-,40-38-/t35-,41-/m1/s1. The van der Waals surface area contributed by atoms with Gasteiger partial charge in [0.05, 0.1) is 16.0 Å². The van der Waals surface area contributed by atoms with Gasteiger partial charge >= 0.3 is 5.97 Å². The Morgan fingerprint density at radius 1 is 1.05 bits per heavy atom. The molecule has 0 saturated carbocycles. The SMILES string of the molecule is C#C/C(Cl)=C1\C=C/Cc2c(-c3ccc(F)cc3)sc3ncnc(c23)O[C@@H](C(=O)O)Cc2cc(ccc2OCc2ccnc(-c3ccccc3S(C)(=O)=O)n2)OC[C@@H](CN2CCN(C)CC2)O1. The third kappa shape index (κ3) is 11.0. The molecule has 2 aliphatic heterocycles. The van der Waals surface area contributed by atoms with Crippen LogP contribution in [0.4, 0.5) is 4.39 Å². The van der Waals surface area contributed by atoms with Gasteiger partial charge in [-0.3, -0.25) is 4.90 Å². The molecule has 0 unspecified atom stereocenters. The molecule has 0 amide bonds. The first-order valence-corrected chi connectivity index (χ1v) is 23.9. The summed E-state index contributed by atoms with van der Waals surface area (Å²) < 4.78 is 65.1. The van der Waals surface area contributed by atoms with E-state index in [9.17, 15) is 22.7 Å². The first kappa shape index (κ1) is 46.1. The summed E-state index contributed by atoms with van der Waals surface area (Å²) in [6.45, 7) is 3.83. The van der Waals surface area contributed by atoms with Crippen molar-refractivity contribution in [3.8, 4) is 51.6 Å². The average molecular weight is 951 g/mol. The second-order valence-electron chi connectivity index (χ2n) is 15.7. The molecule has 3 aromatic heterocycles. The molecule has 340 valence electrons. The van der Waals surface area contributed by atoms with Gasteiger partial charge in [-0.1, -0.05) is 47.9 Å². The number of thiophene rings is 1. The maximum absolute atomic E-state index is 14.2. The number of ether oxygens (including phenoxy) is 4. The minimum absolute atomic E-state index is 0.0309. The topological polar surface area (TPSA) is 166 Å². The first-order valence-electron chi connectivity index (χ1n) is 20.8. The minimum Gasteiger partial charge on any atom is -0.490 e. The van der Waals surface area contributed by atoms with Gasteiger partial charge in [0, 0.05) is 67.6 Å². The predicted octanol–water partition coefficient (Wildman–Crippen LogP) is 7.22. The highest BCUT2D eigenvalue weighted by atomic mass is 35.5. The fraction of sp³-hybridized carbons (Fsp3) is 0.271. The van der Waals surface area contributed by atoms with Crippen molar-refractivity contribution in [3.05, 3.63) is 131 Å². The van der Waals surface area contributed by atoms with Crippen LogP contribution in [0.3, 0.4) is 0 Å². The molecule has 14 nitrogen and oxygen atoms in total. The number of piperazine rings is 1. The van der Waals surface area contributed by atoms with Crippen LogP contribution >= 0.6 is 22.9 Å². The minimum atomic E-state index is -3.59. The quantitative estimate of drug-likeness (QED) is 0.144. The van der Waals surface area contributed by atoms with E-state index in [4.69, 9.17) is 37.0 Å². The Hall–Kier alpha value is -6.42. The lowest BCUT2D eigenvalue weighted by Crippen LogP contribution is -2.48. The molecule has 3 aromatic carbocycles. The number of terminal acetylenes is 1. The molecular weight excluding hydrogens is 907 g/mol. The average Bonchev–Trinajstić information content (AvgIpc) is 3.69. The summed E-state index contributed by atoms with van der Waals surface area (Å²) in [6.07, 6.45) is 11.3. The summed E-state index contributed by atoms with van der Waals surface area (Å²) in [4.78, 5) is 37.0. The number of likely N-dealkylation sites (N-methyl/N-ethyl adjacent to an activating group) is 1. The smallest absolute Gasteiger partial charge is 0.345 e. The van der Waals surface area contributed by atoms with Gasteiger partial charge in [-0.05, 0) is 79.2 Å². The number of aliphatic carboxylic acids is 1. The van der Waals surface area contributed by atoms with E-state index < -0.39 is 33.8 Å². The number of fused-ring (bicyclic) bond motifs is 2. The molecule has 0 radical (unpaired) electrons. The Morgan fingerprint density at radius 2 is 1.83 bits per heavy atom. The third-order valence-corrected chi connectivity index (χ3v) is 13.6. The molecule has 2 aliphatic rings. The van der Waals surface area contributed by atoms with Gasteiger partial charge in [0.25, 0.3) is 0 Å². The van der Waals surface area contributed by atoms with Crippen molar-refractivity contribution in [2.75, 3.05) is 52.6 Å². The van der Waals surface area contributed by atoms with Crippen LogP contribution in [-0.4, -0.2) is 114 Å². The van der Waals surface area contributed by atoms with E-state index in [0.717, 1.165) is 37.3 Å². The Bertz CT molecular complexity index is 2970. The molecule has 2 atom stereocenters. The summed E-state index contributed by atoms with van der Waals surface area (Å²) in [6, 6.07) is 19.2. The maximum Gasteiger partial charge on any atom is 0.345 e. The van der Waals surface area contributed by atoms with Crippen LogP contribution in [0.15, 0.2) is 113 Å². The molecule has 5 heterocycles. The number of aromatic nitrogens is 4. The number of benzene rings is 3. The molecule has 66 heavy (non-hydrogen) atoms. The number of sulfone groups is 1. The zero-order valence-corrected chi connectivity index (χ0v) is 38.3. The van der Waals surface area contributed by atoms with E-state index in [0.29, 0.717) is 56.2 Å². The van der Waals surface area contributed by atoms with Crippen molar-refractivity contribution in [2.24, 2.45) is 0 Å². The van der Waals surface area contributed by atoms with Crippen molar-refractivity contribution in [2.45, 2.75) is 36.6 Å². The number of halogens is 2. The molecular formula is C48H44ClFN6O8S2. The second kappa shape index (κ2) is 20.4. The van der Waals surface area contributed by atoms with Gasteiger partial charge in [0.15, 0.2) is 15.7 Å². The first-order chi connectivity index (χ1) is 31.8. The Morgan fingerprint density at radius 3 is 2.59 bits per heavy atom. The highest BCUT2D eigenvalue weighted by Crippen LogP contribution is 2.42. The van der Waals surface area contributed by atoms with Crippen molar-refractivity contribution < 1.29 is 41.7 Å². The summed E-state index contributed by atoms with van der Waals surface area (Å²) in [5.41, 5.74) is 2.61. The molecule has 0 spiro atoms. The van der Waals surface area contributed by atoms with Crippen LogP contribution in [0.2, 0.25) is 0 Å². The van der Waals surface area contributed by atoms with Gasteiger partial charge in [0.2, 0.25) is 12.0 Å². The summed E-state index contributed by atoms with van der Waals surface area (Å²) in [5, 5.41) is 11.3. The maximum atomic E-state index is 14.2. The van der Waals surface area contributed by atoms with E-state index in [2.05, 4.69) is 42.7 Å². The normalized spacial score (nSPS) is 18.8. The molecule has 18 heteroatoms. The number of rotatable bonds is 9. The second-order valence-corrected chi connectivity index (χ2v) is 19.1. The molecule has 6 aromatic rings. The molecule has 1 fully saturated rings. The van der Waals surface area contributed by atoms with Gasteiger partial charge < -0.3 is 29.0 Å². The molecule has 0 aliphatic carbocycles. The van der Waals surface area contributed by atoms with Crippen LogP contribution < -0.4 is 14.2 Å². The van der Waals surface area contributed by atoms with Gasteiger partial charge in [0.1, 0.15) is 58.6 Å². The van der Waals surface area contributed by atoms with Crippen molar-refractivity contribution in [1.82, 2.24) is 29.7 Å². The number of hydrogen-bond acceptors (Lipinski definition) is 14. The summed E-state index contributed by atoms with van der Waals surface area (Å²) >= 11 is 8.00. The van der Waals surface area contributed by atoms with E-state index in [1.165, 1.54) is 42.1 Å². The summed E-state index contributed by atoms with van der Waals surface area (Å²) in [5.74, 6) is 2.03. The van der Waals surface area contributed by atoms with Crippen LogP contribution in [0.1, 0.15) is 16.8 Å². The lowest BCUT2D eigenvalue weighted by Gasteiger charge is -2.34. The lowest BCUT2D eigenvalue weighted by atomic mass is 10.0. The molecule has 8 rings (SSSR count). The highest BCUT2D eigenvalue weighted by molar-refractivity contribution is 7.90. The van der Waals surface area contributed by atoms with Crippen molar-refractivity contribution in [1.29, 1.82) is 0 Å². The van der Waals surface area contributed by atoms with Crippen molar-refractivity contribution >= 4 is 49.0 Å². The largest absolute Gasteiger partial charge is 0.490 e. The van der Waals surface area contributed by atoms with Gasteiger partial charge in [-0.2, -0.15) is 0 Å². The zero-order valence-electron chi connectivity index (χ0n) is 35.9. The Balaban J connectivity index is 1.19. The monoisotopic (exact) mass is 950 g/mol. The van der Waals surface area contributed by atoms with E-state index in [1.807, 2.05) is 6.08 Å². The number of hydrogen-bond donors (Lipinski definition) is 1. The zero-order chi connectivity index (χ0) is 46.4. The Kier molecular flexibility index (Phi) is 14.3. The third-order valence-electron chi connectivity index (χ3n) is 11.0. The Labute approximate surface area is 390 Å². The van der Waals surface area contributed by atoms with Crippen LogP contribution in [0.5, 0.6) is 17.4 Å². The highest BCUT2D eigenvalue weighted by Gasteiger charge is 2.28. The van der Waals surface area contributed by atoms with Crippen LogP contribution in [0.25, 0.3) is 32.0 Å². The van der Waals surface area contributed by atoms with Crippen LogP contribution in [-0.2, 0) is 38.8 Å². The number of allylic oxidation sites excluding steroid dienone is 3. The molecule has 1 saturated heterocycles. The summed E-state index contributed by atoms with van der Waals surface area (Å²) in [7, 11) is -1.51. The van der Waals surface area contributed by atoms with E-state index in [-0.39, 0.29) is 53.4 Å². The predicted molar refractivity (Wildman–Crippen MR) is 249 cm³/mol. The lowest BCUT2D eigenvalue weighted by molar-refractivity contribution is -0.145.